The van der Waals surface area contributed by atoms with Crippen molar-refractivity contribution in [1.29, 1.82) is 0 Å². The minimum atomic E-state index is -4.65. The highest BCUT2D eigenvalue weighted by atomic mass is 19.4. The molecule has 0 unspecified atom stereocenters. The zero-order valence-electron chi connectivity index (χ0n) is 13.3. The molecule has 0 saturated heterocycles. The maximum Gasteiger partial charge on any atom is 0.421 e. The van der Waals surface area contributed by atoms with E-state index in [1.165, 1.54) is 12.1 Å². The second-order valence-corrected chi connectivity index (χ2v) is 5.32. The Morgan fingerprint density at radius 3 is 2.31 bits per heavy atom. The first-order valence-corrected chi connectivity index (χ1v) is 7.55. The Morgan fingerprint density at radius 2 is 1.65 bits per heavy atom. The van der Waals surface area contributed by atoms with Crippen LogP contribution in [-0.2, 0) is 12.8 Å². The molecule has 4 nitrogen and oxygen atoms in total. The molecule has 3 rings (SSSR count). The molecule has 1 aromatic heterocycles. The Hall–Kier alpha value is -3.16. The number of hydrogen-bond acceptors (Lipinski definition) is 4. The van der Waals surface area contributed by atoms with Crippen molar-refractivity contribution in [2.75, 3.05) is 5.32 Å². The normalized spacial score (nSPS) is 11.2. The van der Waals surface area contributed by atoms with Crippen LogP contribution in [0.15, 0.2) is 60.8 Å². The van der Waals surface area contributed by atoms with Gasteiger partial charge in [-0.2, -0.15) is 18.2 Å². The van der Waals surface area contributed by atoms with Gasteiger partial charge < -0.3 is 10.1 Å². The van der Waals surface area contributed by atoms with Crippen LogP contribution in [0, 0.1) is 5.82 Å². The summed E-state index contributed by atoms with van der Waals surface area (Å²) in [5.74, 6) is -0.969. The molecule has 1 N–H and O–H groups in total. The van der Waals surface area contributed by atoms with Crippen molar-refractivity contribution in [3.05, 3.63) is 77.7 Å². The fourth-order valence-corrected chi connectivity index (χ4v) is 2.13. The van der Waals surface area contributed by atoms with Crippen molar-refractivity contribution < 1.29 is 22.3 Å². The van der Waals surface area contributed by atoms with E-state index in [0.717, 1.165) is 17.7 Å². The highest BCUT2D eigenvalue weighted by Gasteiger charge is 2.35. The second-order valence-electron chi connectivity index (χ2n) is 5.32. The third-order valence-electron chi connectivity index (χ3n) is 3.39. The summed E-state index contributed by atoms with van der Waals surface area (Å²) in [6.45, 7) is 0.113. The van der Waals surface area contributed by atoms with Crippen LogP contribution >= 0.6 is 0 Å². The first-order chi connectivity index (χ1) is 12.4. The van der Waals surface area contributed by atoms with E-state index >= 15 is 0 Å². The van der Waals surface area contributed by atoms with Crippen molar-refractivity contribution in [2.24, 2.45) is 0 Å². The molecular formula is C18H13F4N3O. The minimum Gasteiger partial charge on any atom is -0.459 e. The Bertz CT molecular complexity index is 868. The lowest BCUT2D eigenvalue weighted by molar-refractivity contribution is -0.137. The van der Waals surface area contributed by atoms with E-state index in [9.17, 15) is 17.6 Å². The van der Waals surface area contributed by atoms with E-state index in [4.69, 9.17) is 4.74 Å². The summed E-state index contributed by atoms with van der Waals surface area (Å²) in [5, 5.41) is 2.53. The van der Waals surface area contributed by atoms with Crippen LogP contribution in [0.25, 0.3) is 0 Å². The SMILES string of the molecule is Fc1ccc(Nc2nc(OCc3ccccc3)ncc2C(F)(F)F)cc1. The molecule has 0 spiro atoms. The lowest BCUT2D eigenvalue weighted by atomic mass is 10.2. The summed E-state index contributed by atoms with van der Waals surface area (Å²) in [5.41, 5.74) is 0.0301. The number of nitrogens with one attached hydrogen (secondary N) is 1. The van der Waals surface area contributed by atoms with Crippen LogP contribution in [-0.4, -0.2) is 9.97 Å². The Balaban J connectivity index is 1.85. The predicted octanol–water partition coefficient (Wildman–Crippen LogP) is 4.96. The van der Waals surface area contributed by atoms with Gasteiger partial charge in [0.1, 0.15) is 23.8 Å². The van der Waals surface area contributed by atoms with E-state index in [1.54, 1.807) is 0 Å². The Labute approximate surface area is 146 Å². The maximum absolute atomic E-state index is 13.2. The third-order valence-corrected chi connectivity index (χ3v) is 3.39. The molecule has 134 valence electrons. The van der Waals surface area contributed by atoms with Crippen molar-refractivity contribution >= 4 is 11.5 Å². The van der Waals surface area contributed by atoms with Gasteiger partial charge in [0, 0.05) is 11.9 Å². The number of alkyl halides is 3. The van der Waals surface area contributed by atoms with Crippen LogP contribution in [0.3, 0.4) is 0 Å². The highest BCUT2D eigenvalue weighted by Crippen LogP contribution is 2.35. The van der Waals surface area contributed by atoms with Crippen LogP contribution in [0.5, 0.6) is 6.01 Å². The average Bonchev–Trinajstić information content (AvgIpc) is 2.62. The number of anilines is 2. The topological polar surface area (TPSA) is 47.0 Å². The van der Waals surface area contributed by atoms with Gasteiger partial charge in [-0.3, -0.25) is 0 Å². The molecular weight excluding hydrogens is 350 g/mol. The molecule has 26 heavy (non-hydrogen) atoms. The fraction of sp³-hybridized carbons (Fsp3) is 0.111. The maximum atomic E-state index is 13.2. The van der Waals surface area contributed by atoms with E-state index in [-0.39, 0.29) is 18.3 Å². The van der Waals surface area contributed by atoms with Crippen molar-refractivity contribution in [3.8, 4) is 6.01 Å². The Kier molecular flexibility index (Phi) is 5.01. The molecule has 0 amide bonds. The molecule has 0 atom stereocenters. The van der Waals surface area contributed by atoms with E-state index in [0.29, 0.717) is 6.20 Å². The number of ether oxygens (including phenoxy) is 1. The zero-order valence-corrected chi connectivity index (χ0v) is 13.3. The smallest absolute Gasteiger partial charge is 0.421 e. The van der Waals surface area contributed by atoms with Gasteiger partial charge in [-0.25, -0.2) is 9.37 Å². The number of nitrogens with zero attached hydrogens (tertiary/aromatic N) is 2. The molecule has 0 saturated carbocycles. The van der Waals surface area contributed by atoms with Crippen molar-refractivity contribution in [1.82, 2.24) is 9.97 Å². The molecule has 1 heterocycles. The summed E-state index contributed by atoms with van der Waals surface area (Å²) in [4.78, 5) is 7.44. The van der Waals surface area contributed by atoms with Crippen molar-refractivity contribution in [3.63, 3.8) is 0 Å². The molecule has 0 aliphatic heterocycles. The lowest BCUT2D eigenvalue weighted by Gasteiger charge is -2.14. The first kappa shape index (κ1) is 17.7. The summed E-state index contributed by atoms with van der Waals surface area (Å²) < 4.78 is 57.9. The molecule has 0 aliphatic carbocycles. The standard InChI is InChI=1S/C18H13F4N3O/c19-13-6-8-14(9-7-13)24-16-15(18(20,21)22)10-23-17(25-16)26-11-12-4-2-1-3-5-12/h1-10H,11H2,(H,23,24,25). The molecule has 0 aliphatic rings. The van der Waals surface area contributed by atoms with Gasteiger partial charge in [-0.15, -0.1) is 0 Å². The molecule has 3 aromatic rings. The van der Waals surface area contributed by atoms with Gasteiger partial charge in [0.15, 0.2) is 0 Å². The van der Waals surface area contributed by atoms with Gasteiger partial charge >= 0.3 is 12.2 Å². The van der Waals surface area contributed by atoms with Gasteiger partial charge in [-0.05, 0) is 29.8 Å². The van der Waals surface area contributed by atoms with Gasteiger partial charge in [-0.1, -0.05) is 30.3 Å². The van der Waals surface area contributed by atoms with Gasteiger partial charge in [0.05, 0.1) is 0 Å². The summed E-state index contributed by atoms with van der Waals surface area (Å²) in [6, 6.07) is 13.7. The summed E-state index contributed by atoms with van der Waals surface area (Å²) in [7, 11) is 0. The molecule has 0 bridgehead atoms. The van der Waals surface area contributed by atoms with Crippen molar-refractivity contribution in [2.45, 2.75) is 12.8 Å². The predicted molar refractivity (Wildman–Crippen MR) is 87.5 cm³/mol. The monoisotopic (exact) mass is 363 g/mol. The zero-order chi connectivity index (χ0) is 18.6. The fourth-order valence-electron chi connectivity index (χ4n) is 2.13. The van der Waals surface area contributed by atoms with Crippen LogP contribution in [0.4, 0.5) is 29.1 Å². The minimum absolute atomic E-state index is 0.113. The van der Waals surface area contributed by atoms with E-state index < -0.39 is 23.4 Å². The van der Waals surface area contributed by atoms with Gasteiger partial charge in [0.2, 0.25) is 0 Å². The molecule has 2 aromatic carbocycles. The van der Waals surface area contributed by atoms with Gasteiger partial charge in [0.25, 0.3) is 0 Å². The highest BCUT2D eigenvalue weighted by molar-refractivity contribution is 5.59. The van der Waals surface area contributed by atoms with Crippen LogP contribution in [0.1, 0.15) is 11.1 Å². The summed E-state index contributed by atoms with van der Waals surface area (Å²) in [6.07, 6.45) is -4.00. The number of rotatable bonds is 5. The third kappa shape index (κ3) is 4.47. The number of halogens is 4. The van der Waals surface area contributed by atoms with Crippen LogP contribution < -0.4 is 10.1 Å². The van der Waals surface area contributed by atoms with E-state index in [1.807, 2.05) is 30.3 Å². The molecule has 0 fully saturated rings. The quantitative estimate of drug-likeness (QED) is 0.651. The number of aromatic nitrogens is 2. The van der Waals surface area contributed by atoms with E-state index in [2.05, 4.69) is 15.3 Å². The first-order valence-electron chi connectivity index (χ1n) is 7.55. The molecule has 8 heteroatoms. The summed E-state index contributed by atoms with van der Waals surface area (Å²) >= 11 is 0. The second kappa shape index (κ2) is 7.38. The average molecular weight is 363 g/mol. The number of hydrogen-bond donors (Lipinski definition) is 1. The largest absolute Gasteiger partial charge is 0.459 e. The number of benzene rings is 2. The molecule has 0 radical (unpaired) electrons. The van der Waals surface area contributed by atoms with Crippen LogP contribution in [0.2, 0.25) is 0 Å². The Morgan fingerprint density at radius 1 is 0.962 bits per heavy atom. The lowest BCUT2D eigenvalue weighted by Crippen LogP contribution is -2.12.